The van der Waals surface area contributed by atoms with E-state index >= 15 is 0 Å². The van der Waals surface area contributed by atoms with Crippen LogP contribution in [0.25, 0.3) is 122 Å². The fourth-order valence-corrected chi connectivity index (χ4v) is 9.48. The van der Waals surface area contributed by atoms with E-state index in [1.165, 1.54) is 49.7 Å². The lowest BCUT2D eigenvalue weighted by Crippen LogP contribution is -2.03. The molecule has 1 aliphatic heterocycles. The van der Waals surface area contributed by atoms with Crippen molar-refractivity contribution < 1.29 is 4.42 Å². The Labute approximate surface area is 326 Å². The molecule has 0 radical (unpaired) electrons. The summed E-state index contributed by atoms with van der Waals surface area (Å²) in [6.07, 6.45) is 0. The van der Waals surface area contributed by atoms with Gasteiger partial charge < -0.3 is 8.98 Å². The number of para-hydroxylation sites is 4. The summed E-state index contributed by atoms with van der Waals surface area (Å²) in [7, 11) is 0. The number of hydrogen-bond acceptors (Lipinski definition) is 3. The molecule has 5 nitrogen and oxygen atoms in total. The van der Waals surface area contributed by atoms with E-state index in [9.17, 15) is 0 Å². The topological polar surface area (TPSA) is 48.8 Å². The molecule has 57 heavy (non-hydrogen) atoms. The second-order valence-electron chi connectivity index (χ2n) is 14.9. The zero-order valence-electron chi connectivity index (χ0n) is 30.5. The molecule has 1 aliphatic rings. The van der Waals surface area contributed by atoms with Gasteiger partial charge in [-0.1, -0.05) is 146 Å². The lowest BCUT2D eigenvalue weighted by atomic mass is 9.94. The first-order chi connectivity index (χ1) is 28.3. The van der Waals surface area contributed by atoms with Crippen molar-refractivity contribution in [2.24, 2.45) is 0 Å². The molecule has 0 atom stereocenters. The molecule has 13 rings (SSSR count). The largest absolute Gasteiger partial charge is 0.452 e. The first kappa shape index (κ1) is 30.6. The molecule has 0 fully saturated rings. The highest BCUT2D eigenvalue weighted by Gasteiger charge is 2.27. The minimum atomic E-state index is 0.599. The maximum atomic E-state index is 6.64. The van der Waals surface area contributed by atoms with Gasteiger partial charge in [-0.05, 0) is 58.7 Å². The summed E-state index contributed by atoms with van der Waals surface area (Å²) in [5, 5.41) is 5.64. The van der Waals surface area contributed by atoms with E-state index in [-0.39, 0.29) is 0 Å². The molecular formula is C52H30N4O. The third kappa shape index (κ3) is 4.17. The van der Waals surface area contributed by atoms with E-state index in [1.807, 2.05) is 24.3 Å². The van der Waals surface area contributed by atoms with Crippen molar-refractivity contribution in [2.75, 3.05) is 0 Å². The zero-order valence-corrected chi connectivity index (χ0v) is 30.5. The van der Waals surface area contributed by atoms with Gasteiger partial charge in [-0.15, -0.1) is 0 Å². The molecule has 0 amide bonds. The molecule has 12 aromatic rings. The molecule has 0 saturated heterocycles. The van der Waals surface area contributed by atoms with Gasteiger partial charge in [-0.25, -0.2) is 9.97 Å². The van der Waals surface area contributed by atoms with Gasteiger partial charge in [0.2, 0.25) is 5.95 Å². The average molecular weight is 727 g/mol. The van der Waals surface area contributed by atoms with E-state index < -0.39 is 0 Å². The Kier molecular flexibility index (Phi) is 6.10. The van der Waals surface area contributed by atoms with Gasteiger partial charge in [0, 0.05) is 43.6 Å². The number of fused-ring (bicyclic) bond motifs is 14. The van der Waals surface area contributed by atoms with Crippen LogP contribution in [0.1, 0.15) is 0 Å². The summed E-state index contributed by atoms with van der Waals surface area (Å²) in [5.41, 5.74) is 16.8. The quantitative estimate of drug-likeness (QED) is 0.182. The van der Waals surface area contributed by atoms with Gasteiger partial charge in [-0.2, -0.15) is 0 Å². The Balaban J connectivity index is 1.16. The van der Waals surface area contributed by atoms with E-state index in [0.717, 1.165) is 60.7 Å². The number of furan rings is 1. The lowest BCUT2D eigenvalue weighted by Gasteiger charge is -2.13. The first-order valence-electron chi connectivity index (χ1n) is 19.3. The van der Waals surface area contributed by atoms with Crippen LogP contribution in [-0.4, -0.2) is 19.1 Å². The smallest absolute Gasteiger partial charge is 0.236 e. The van der Waals surface area contributed by atoms with Crippen LogP contribution >= 0.6 is 0 Å². The van der Waals surface area contributed by atoms with Crippen molar-refractivity contribution in [2.45, 2.75) is 0 Å². The SMILES string of the molecule is c1ccc(-c2ccccc2-c2nc(-n3c4ccccc4c4cc5c(cc43)c3cccc4c3n5-c3ccccc3-c3ccccc3-4)nc3c2oc2ccccc23)cc1. The van der Waals surface area contributed by atoms with Gasteiger partial charge in [0.25, 0.3) is 0 Å². The van der Waals surface area contributed by atoms with Crippen LogP contribution in [0.2, 0.25) is 0 Å². The summed E-state index contributed by atoms with van der Waals surface area (Å²) >= 11 is 0. The molecule has 0 saturated carbocycles. The molecule has 0 N–H and O–H groups in total. The zero-order chi connectivity index (χ0) is 37.2. The number of nitrogens with zero attached hydrogens (tertiary/aromatic N) is 4. The first-order valence-corrected chi connectivity index (χ1v) is 19.3. The van der Waals surface area contributed by atoms with Crippen LogP contribution in [0, 0.1) is 0 Å². The Morgan fingerprint density at radius 3 is 1.82 bits per heavy atom. The Hall–Kier alpha value is -7.76. The van der Waals surface area contributed by atoms with Gasteiger partial charge >= 0.3 is 0 Å². The highest BCUT2D eigenvalue weighted by atomic mass is 16.3. The van der Waals surface area contributed by atoms with Crippen LogP contribution < -0.4 is 0 Å². The molecule has 0 bridgehead atoms. The van der Waals surface area contributed by atoms with Gasteiger partial charge in [0.15, 0.2) is 5.58 Å². The fraction of sp³-hybridized carbons (Fsp3) is 0. The molecule has 0 unspecified atom stereocenters. The van der Waals surface area contributed by atoms with Crippen LogP contribution in [0.5, 0.6) is 0 Å². The van der Waals surface area contributed by atoms with Crippen molar-refractivity contribution in [3.63, 3.8) is 0 Å². The monoisotopic (exact) mass is 726 g/mol. The van der Waals surface area contributed by atoms with Crippen LogP contribution in [0.4, 0.5) is 0 Å². The predicted molar refractivity (Wildman–Crippen MR) is 233 cm³/mol. The second-order valence-corrected chi connectivity index (χ2v) is 14.9. The van der Waals surface area contributed by atoms with E-state index in [1.54, 1.807) is 0 Å². The highest BCUT2D eigenvalue weighted by molar-refractivity contribution is 6.22. The maximum Gasteiger partial charge on any atom is 0.236 e. The molecule has 5 heterocycles. The standard InChI is InChI=1S/C52H30N4O/c1-2-15-31(16-3-1)32-17-4-7-22-37(32)48-51-49(40-23-10-13-28-47(40)57-51)54-52(53-48)56-44-27-12-9-21-36(44)41-29-45-42(30-46(41)56)39-25-14-24-38-34-19-6-5-18-33(34)35-20-8-11-26-43(35)55(45)50(38)39/h1-30H. The van der Waals surface area contributed by atoms with Crippen molar-refractivity contribution in [1.82, 2.24) is 19.1 Å². The lowest BCUT2D eigenvalue weighted by molar-refractivity contribution is 0.666. The molecule has 5 heteroatoms. The Bertz CT molecular complexity index is 3640. The van der Waals surface area contributed by atoms with E-state index in [2.05, 4.69) is 167 Å². The fourth-order valence-electron chi connectivity index (χ4n) is 9.48. The second kappa shape index (κ2) is 11.4. The van der Waals surface area contributed by atoms with Crippen LogP contribution in [0.15, 0.2) is 186 Å². The van der Waals surface area contributed by atoms with Crippen molar-refractivity contribution in [1.29, 1.82) is 0 Å². The molecule has 0 spiro atoms. The predicted octanol–water partition coefficient (Wildman–Crippen LogP) is 13.6. The minimum Gasteiger partial charge on any atom is -0.452 e. The number of benzene rings is 8. The van der Waals surface area contributed by atoms with Crippen LogP contribution in [-0.2, 0) is 0 Å². The van der Waals surface area contributed by atoms with Gasteiger partial charge in [-0.3, -0.25) is 4.57 Å². The minimum absolute atomic E-state index is 0.599. The third-order valence-electron chi connectivity index (χ3n) is 11.9. The highest BCUT2D eigenvalue weighted by Crippen LogP contribution is 2.48. The van der Waals surface area contributed by atoms with Gasteiger partial charge in [0.1, 0.15) is 16.8 Å². The normalized spacial score (nSPS) is 12.2. The maximum absolute atomic E-state index is 6.64. The summed E-state index contributed by atoms with van der Waals surface area (Å²) in [6.45, 7) is 0. The molecule has 4 aromatic heterocycles. The number of hydrogen-bond donors (Lipinski definition) is 0. The summed E-state index contributed by atoms with van der Waals surface area (Å²) in [4.78, 5) is 10.9. The molecule has 8 aromatic carbocycles. The summed E-state index contributed by atoms with van der Waals surface area (Å²) in [6, 6.07) is 64.8. The van der Waals surface area contributed by atoms with Crippen molar-refractivity contribution in [3.8, 4) is 56.3 Å². The van der Waals surface area contributed by atoms with Gasteiger partial charge in [0.05, 0.1) is 27.8 Å². The van der Waals surface area contributed by atoms with E-state index in [0.29, 0.717) is 11.5 Å². The number of aromatic nitrogens is 4. The number of rotatable bonds is 3. The Morgan fingerprint density at radius 2 is 0.982 bits per heavy atom. The van der Waals surface area contributed by atoms with E-state index in [4.69, 9.17) is 14.4 Å². The summed E-state index contributed by atoms with van der Waals surface area (Å²) in [5.74, 6) is 0.599. The molecular weight excluding hydrogens is 697 g/mol. The average Bonchev–Trinajstić information content (AvgIpc) is 3.90. The summed E-state index contributed by atoms with van der Waals surface area (Å²) < 4.78 is 11.4. The molecule has 0 aliphatic carbocycles. The third-order valence-corrected chi connectivity index (χ3v) is 11.9. The molecule has 264 valence electrons. The van der Waals surface area contributed by atoms with Crippen molar-refractivity contribution in [3.05, 3.63) is 182 Å². The van der Waals surface area contributed by atoms with Crippen molar-refractivity contribution >= 4 is 65.7 Å². The van der Waals surface area contributed by atoms with Crippen LogP contribution in [0.3, 0.4) is 0 Å². The Morgan fingerprint density at radius 1 is 0.386 bits per heavy atom.